The monoisotopic (exact) mass is 320 g/mol. The third kappa shape index (κ3) is 2.70. The van der Waals surface area contributed by atoms with Crippen LogP contribution in [-0.4, -0.2) is 18.2 Å². The second-order valence-electron chi connectivity index (χ2n) is 8.99. The normalized spacial score (nSPS) is 41.9. The Kier molecular flexibility index (Phi) is 4.05. The smallest absolute Gasteiger partial charge is 0.302 e. The summed E-state index contributed by atoms with van der Waals surface area (Å²) in [5.74, 6) is 1.96. The summed E-state index contributed by atoms with van der Waals surface area (Å²) >= 11 is 0. The maximum atomic E-state index is 11.4. The first-order chi connectivity index (χ1) is 10.7. The molecule has 0 aromatic rings. The Labute approximate surface area is 140 Å². The van der Waals surface area contributed by atoms with Gasteiger partial charge in [0.1, 0.15) is 12.2 Å². The Morgan fingerprint density at radius 3 is 2.70 bits per heavy atom. The van der Waals surface area contributed by atoms with Crippen LogP contribution in [0.1, 0.15) is 73.1 Å². The molecule has 23 heavy (non-hydrogen) atoms. The van der Waals surface area contributed by atoms with Crippen LogP contribution < -0.4 is 0 Å². The molecule has 1 heterocycles. The van der Waals surface area contributed by atoms with Crippen LogP contribution in [0, 0.1) is 22.7 Å². The number of carbonyl (C=O) groups is 1. The highest BCUT2D eigenvalue weighted by Gasteiger charge is 2.61. The molecule has 0 amide bonds. The van der Waals surface area contributed by atoms with Gasteiger partial charge in [-0.1, -0.05) is 27.2 Å². The molecule has 0 aromatic heterocycles. The lowest BCUT2D eigenvalue weighted by atomic mass is 9.45. The van der Waals surface area contributed by atoms with Crippen molar-refractivity contribution < 1.29 is 14.3 Å². The molecule has 4 unspecified atom stereocenters. The van der Waals surface area contributed by atoms with Gasteiger partial charge in [0.25, 0.3) is 0 Å². The molecule has 2 saturated carbocycles. The number of rotatable bonds is 2. The van der Waals surface area contributed by atoms with Crippen molar-refractivity contribution >= 4 is 5.97 Å². The Bertz CT molecular complexity index is 521. The number of carbonyl (C=O) groups excluding carboxylic acids is 1. The van der Waals surface area contributed by atoms with Gasteiger partial charge in [-0.2, -0.15) is 0 Å². The fourth-order valence-electron chi connectivity index (χ4n) is 6.15. The van der Waals surface area contributed by atoms with E-state index in [4.69, 9.17) is 9.47 Å². The van der Waals surface area contributed by atoms with Crippen LogP contribution in [0.25, 0.3) is 0 Å². The zero-order valence-corrected chi connectivity index (χ0v) is 15.4. The minimum absolute atomic E-state index is 0.204. The van der Waals surface area contributed by atoms with Crippen molar-refractivity contribution in [2.75, 3.05) is 6.61 Å². The van der Waals surface area contributed by atoms with Gasteiger partial charge in [0.2, 0.25) is 0 Å². The number of allylic oxidation sites excluding steroid dienone is 2. The zero-order chi connectivity index (χ0) is 16.9. The van der Waals surface area contributed by atoms with Gasteiger partial charge in [0, 0.05) is 12.8 Å². The van der Waals surface area contributed by atoms with E-state index in [9.17, 15) is 4.79 Å². The third-order valence-electron chi connectivity index (χ3n) is 7.09. The van der Waals surface area contributed by atoms with Gasteiger partial charge in [-0.3, -0.25) is 4.79 Å². The molecule has 3 aliphatic rings. The summed E-state index contributed by atoms with van der Waals surface area (Å²) in [4.78, 5) is 11.4. The van der Waals surface area contributed by atoms with Crippen LogP contribution in [0.5, 0.6) is 0 Å². The lowest BCUT2D eigenvalue weighted by Crippen LogP contribution is -2.61. The van der Waals surface area contributed by atoms with E-state index in [0.717, 1.165) is 24.5 Å². The molecule has 0 radical (unpaired) electrons. The molecule has 3 heteroatoms. The number of fused-ring (bicyclic) bond motifs is 3. The molecule has 4 atom stereocenters. The molecule has 0 aromatic carbocycles. The Morgan fingerprint density at radius 2 is 2.00 bits per heavy atom. The van der Waals surface area contributed by atoms with Crippen LogP contribution in [-0.2, 0) is 14.3 Å². The Morgan fingerprint density at radius 1 is 1.26 bits per heavy atom. The Balaban J connectivity index is 1.96. The lowest BCUT2D eigenvalue weighted by Gasteiger charge is -2.63. The summed E-state index contributed by atoms with van der Waals surface area (Å²) < 4.78 is 11.9. The average Bonchev–Trinajstić information content (AvgIpc) is 2.43. The van der Waals surface area contributed by atoms with E-state index in [0.29, 0.717) is 17.9 Å². The van der Waals surface area contributed by atoms with Gasteiger partial charge in [-0.05, 0) is 61.9 Å². The minimum Gasteiger partial charge on any atom is -0.488 e. The highest BCUT2D eigenvalue weighted by atomic mass is 16.6. The van der Waals surface area contributed by atoms with Crippen molar-refractivity contribution in [3.63, 3.8) is 0 Å². The molecule has 0 saturated heterocycles. The van der Waals surface area contributed by atoms with Crippen LogP contribution >= 0.6 is 0 Å². The fraction of sp³-hybridized carbons (Fsp3) is 0.850. The van der Waals surface area contributed by atoms with E-state index in [1.807, 2.05) is 6.92 Å². The van der Waals surface area contributed by atoms with Gasteiger partial charge in [-0.25, -0.2) is 0 Å². The number of esters is 1. The molecular weight excluding hydrogens is 288 g/mol. The van der Waals surface area contributed by atoms with Crippen molar-refractivity contribution in [2.45, 2.75) is 78.7 Å². The molecule has 2 aliphatic carbocycles. The molecule has 2 fully saturated rings. The van der Waals surface area contributed by atoms with Crippen LogP contribution in [0.2, 0.25) is 0 Å². The van der Waals surface area contributed by atoms with Crippen LogP contribution in [0.15, 0.2) is 11.8 Å². The van der Waals surface area contributed by atoms with Crippen molar-refractivity contribution in [3.8, 4) is 0 Å². The maximum Gasteiger partial charge on any atom is 0.302 e. The highest BCUT2D eigenvalue weighted by molar-refractivity contribution is 5.66. The van der Waals surface area contributed by atoms with Gasteiger partial charge in [-0.15, -0.1) is 0 Å². The first-order valence-electron chi connectivity index (χ1n) is 9.19. The second kappa shape index (κ2) is 5.53. The number of hydrogen-bond donors (Lipinski definition) is 0. The summed E-state index contributed by atoms with van der Waals surface area (Å²) in [6.45, 7) is 11.3. The quantitative estimate of drug-likeness (QED) is 0.682. The van der Waals surface area contributed by atoms with Gasteiger partial charge in [0.15, 0.2) is 0 Å². The largest absolute Gasteiger partial charge is 0.488 e. The summed E-state index contributed by atoms with van der Waals surface area (Å²) in [7, 11) is 0. The summed E-state index contributed by atoms with van der Waals surface area (Å²) in [5, 5.41) is 0. The second-order valence-corrected chi connectivity index (χ2v) is 8.99. The molecule has 130 valence electrons. The molecule has 0 N–H and O–H groups in total. The maximum absolute atomic E-state index is 11.4. The first-order valence-corrected chi connectivity index (χ1v) is 9.19. The highest BCUT2D eigenvalue weighted by Crippen LogP contribution is 2.64. The van der Waals surface area contributed by atoms with Crippen molar-refractivity contribution in [1.82, 2.24) is 0 Å². The number of ether oxygens (including phenoxy) is 2. The van der Waals surface area contributed by atoms with E-state index < -0.39 is 0 Å². The summed E-state index contributed by atoms with van der Waals surface area (Å²) in [6.07, 6.45) is 9.36. The standard InChI is InChI=1S/C20H32O3/c1-14-7-8-17-19(5)11-6-10-18(3,4)16(19)9-12-20(17,23-14)13-22-15(2)21/h7,16-17H,6,8-13H2,1-5H3. The molecule has 0 spiro atoms. The van der Waals surface area contributed by atoms with Crippen molar-refractivity contribution in [3.05, 3.63) is 11.8 Å². The molecule has 3 nitrogen and oxygen atoms in total. The Hall–Kier alpha value is -0.990. The van der Waals surface area contributed by atoms with Gasteiger partial charge < -0.3 is 9.47 Å². The average molecular weight is 320 g/mol. The van der Waals surface area contributed by atoms with E-state index in [-0.39, 0.29) is 17.0 Å². The predicted octanol–water partition coefficient (Wildman–Crippen LogP) is 4.86. The lowest BCUT2D eigenvalue weighted by molar-refractivity contribution is -0.210. The summed E-state index contributed by atoms with van der Waals surface area (Å²) in [6, 6.07) is 0. The SMILES string of the molecule is CC(=O)OCC12CCC3C(C)(C)CCCC3(C)C1CC=C(C)O2. The van der Waals surface area contributed by atoms with Crippen molar-refractivity contribution in [2.24, 2.45) is 22.7 Å². The third-order valence-corrected chi connectivity index (χ3v) is 7.09. The van der Waals surface area contributed by atoms with E-state index >= 15 is 0 Å². The van der Waals surface area contributed by atoms with Gasteiger partial charge >= 0.3 is 5.97 Å². The fourth-order valence-corrected chi connectivity index (χ4v) is 6.15. The van der Waals surface area contributed by atoms with Gasteiger partial charge in [0.05, 0.1) is 5.76 Å². The van der Waals surface area contributed by atoms with E-state index in [2.05, 4.69) is 26.8 Å². The molecule has 0 bridgehead atoms. The summed E-state index contributed by atoms with van der Waals surface area (Å²) in [5.41, 5.74) is 0.358. The molecule has 1 aliphatic heterocycles. The first kappa shape index (κ1) is 16.9. The van der Waals surface area contributed by atoms with E-state index in [1.165, 1.54) is 32.6 Å². The van der Waals surface area contributed by atoms with Crippen LogP contribution in [0.4, 0.5) is 0 Å². The van der Waals surface area contributed by atoms with Crippen LogP contribution in [0.3, 0.4) is 0 Å². The molecule has 3 rings (SSSR count). The van der Waals surface area contributed by atoms with E-state index in [1.54, 1.807) is 0 Å². The molecular formula is C20H32O3. The number of hydrogen-bond acceptors (Lipinski definition) is 3. The zero-order valence-electron chi connectivity index (χ0n) is 15.4. The predicted molar refractivity (Wildman–Crippen MR) is 90.8 cm³/mol. The topological polar surface area (TPSA) is 35.5 Å². The van der Waals surface area contributed by atoms with Crippen molar-refractivity contribution in [1.29, 1.82) is 0 Å². The minimum atomic E-state index is -0.316.